The molecule has 1 heterocycles. The Morgan fingerprint density at radius 3 is 2.29 bits per heavy atom. The van der Waals surface area contributed by atoms with Gasteiger partial charge in [-0.2, -0.15) is 0 Å². The van der Waals surface area contributed by atoms with Crippen molar-refractivity contribution in [3.05, 3.63) is 23.3 Å². The summed E-state index contributed by atoms with van der Waals surface area (Å²) in [5.74, 6) is 0.985. The molecule has 0 aromatic rings. The standard InChI is InChI=1S/C20H34O/c1-16(12-14-18-10-5-6-11-18)8-7-9-17(2)13-15-19-20(3,4)21-19/h9,12,18-19H,5-8,10-11,13-15H2,1-4H3/b16-12+,17-9+. The minimum atomic E-state index is 0.153. The third-order valence-corrected chi connectivity index (χ3v) is 5.27. The second-order valence-corrected chi connectivity index (χ2v) is 7.77. The fraction of sp³-hybridized carbons (Fsp3) is 0.800. The molecule has 2 aliphatic rings. The van der Waals surface area contributed by atoms with Crippen LogP contribution in [-0.4, -0.2) is 11.7 Å². The Morgan fingerprint density at radius 1 is 1.05 bits per heavy atom. The van der Waals surface area contributed by atoms with Gasteiger partial charge in [-0.15, -0.1) is 0 Å². The third-order valence-electron chi connectivity index (χ3n) is 5.27. The van der Waals surface area contributed by atoms with Crippen molar-refractivity contribution < 1.29 is 4.74 Å². The largest absolute Gasteiger partial charge is 0.367 e. The summed E-state index contributed by atoms with van der Waals surface area (Å²) in [5.41, 5.74) is 3.27. The minimum absolute atomic E-state index is 0.153. The molecule has 0 N–H and O–H groups in total. The van der Waals surface area contributed by atoms with Crippen LogP contribution in [0.1, 0.15) is 85.5 Å². The van der Waals surface area contributed by atoms with Gasteiger partial charge in [0.05, 0.1) is 11.7 Å². The van der Waals surface area contributed by atoms with E-state index in [2.05, 4.69) is 39.8 Å². The molecule has 0 aromatic carbocycles. The maximum Gasteiger partial charge on any atom is 0.0892 e. The second-order valence-electron chi connectivity index (χ2n) is 7.77. The van der Waals surface area contributed by atoms with Gasteiger partial charge in [0.15, 0.2) is 0 Å². The van der Waals surface area contributed by atoms with Gasteiger partial charge in [0.25, 0.3) is 0 Å². The van der Waals surface area contributed by atoms with E-state index >= 15 is 0 Å². The Bertz CT molecular complexity index is 383. The SMILES string of the molecule is C/C(=C\CC1CCCC1)CC/C=C(\C)CCC1OC1(C)C. The van der Waals surface area contributed by atoms with Gasteiger partial charge >= 0.3 is 0 Å². The van der Waals surface area contributed by atoms with E-state index in [4.69, 9.17) is 4.74 Å². The zero-order valence-corrected chi connectivity index (χ0v) is 14.6. The summed E-state index contributed by atoms with van der Waals surface area (Å²) in [4.78, 5) is 0. The lowest BCUT2D eigenvalue weighted by Crippen LogP contribution is -2.02. The van der Waals surface area contributed by atoms with Crippen LogP contribution in [0.3, 0.4) is 0 Å². The lowest BCUT2D eigenvalue weighted by Gasteiger charge is -2.06. The van der Waals surface area contributed by atoms with Crippen LogP contribution in [0.4, 0.5) is 0 Å². The van der Waals surface area contributed by atoms with Crippen molar-refractivity contribution in [1.82, 2.24) is 0 Å². The zero-order chi connectivity index (χ0) is 15.3. The molecule has 1 heteroatoms. The minimum Gasteiger partial charge on any atom is -0.367 e. The smallest absolute Gasteiger partial charge is 0.0892 e. The zero-order valence-electron chi connectivity index (χ0n) is 14.6. The normalized spacial score (nSPS) is 26.4. The van der Waals surface area contributed by atoms with Crippen LogP contribution in [0.15, 0.2) is 23.3 Å². The van der Waals surface area contributed by atoms with Crippen molar-refractivity contribution >= 4 is 0 Å². The lowest BCUT2D eigenvalue weighted by molar-refractivity contribution is 0.320. The van der Waals surface area contributed by atoms with E-state index in [1.807, 2.05) is 0 Å². The van der Waals surface area contributed by atoms with Crippen molar-refractivity contribution in [2.45, 2.75) is 97.2 Å². The Balaban J connectivity index is 1.58. The predicted octanol–water partition coefficient (Wildman–Crippen LogP) is 6.20. The molecule has 0 bridgehead atoms. The molecule has 120 valence electrons. The van der Waals surface area contributed by atoms with Crippen molar-refractivity contribution in [3.8, 4) is 0 Å². The van der Waals surface area contributed by atoms with E-state index in [1.54, 1.807) is 5.57 Å². The highest BCUT2D eigenvalue weighted by Gasteiger charge is 2.46. The number of hydrogen-bond donors (Lipinski definition) is 0. The summed E-state index contributed by atoms with van der Waals surface area (Å²) in [6.45, 7) is 8.95. The highest BCUT2D eigenvalue weighted by molar-refractivity contribution is 5.05. The molecule has 0 aromatic heterocycles. The molecule has 0 radical (unpaired) electrons. The Labute approximate surface area is 131 Å². The van der Waals surface area contributed by atoms with Gasteiger partial charge in [-0.3, -0.25) is 0 Å². The Kier molecular flexibility index (Phi) is 6.10. The maximum absolute atomic E-state index is 5.64. The monoisotopic (exact) mass is 290 g/mol. The topological polar surface area (TPSA) is 12.5 Å². The van der Waals surface area contributed by atoms with Crippen LogP contribution in [0, 0.1) is 5.92 Å². The van der Waals surface area contributed by atoms with Gasteiger partial charge in [-0.25, -0.2) is 0 Å². The van der Waals surface area contributed by atoms with E-state index in [-0.39, 0.29) is 5.60 Å². The first-order chi connectivity index (χ1) is 9.97. The molecule has 1 aliphatic carbocycles. The van der Waals surface area contributed by atoms with Gasteiger partial charge in [0, 0.05) is 0 Å². The number of epoxide rings is 1. The van der Waals surface area contributed by atoms with E-state index in [0.717, 1.165) is 5.92 Å². The maximum atomic E-state index is 5.64. The molecule has 1 atom stereocenters. The lowest BCUT2D eigenvalue weighted by atomic mass is 10.00. The molecular formula is C20H34O. The number of allylic oxidation sites excluding steroid dienone is 4. The fourth-order valence-electron chi connectivity index (χ4n) is 3.46. The van der Waals surface area contributed by atoms with E-state index < -0.39 is 0 Å². The van der Waals surface area contributed by atoms with Crippen molar-refractivity contribution in [1.29, 1.82) is 0 Å². The summed E-state index contributed by atoms with van der Waals surface area (Å²) in [7, 11) is 0. The molecule has 1 saturated heterocycles. The summed E-state index contributed by atoms with van der Waals surface area (Å²) in [6.07, 6.45) is 17.4. The first kappa shape index (κ1) is 16.8. The molecule has 0 amide bonds. The van der Waals surface area contributed by atoms with E-state index in [9.17, 15) is 0 Å². The highest BCUT2D eigenvalue weighted by atomic mass is 16.6. The molecule has 1 nitrogen and oxygen atoms in total. The van der Waals surface area contributed by atoms with Crippen molar-refractivity contribution in [2.75, 3.05) is 0 Å². The summed E-state index contributed by atoms with van der Waals surface area (Å²) in [5, 5.41) is 0. The molecule has 0 spiro atoms. The summed E-state index contributed by atoms with van der Waals surface area (Å²) < 4.78 is 5.64. The second kappa shape index (κ2) is 7.63. The van der Waals surface area contributed by atoms with Crippen LogP contribution < -0.4 is 0 Å². The molecule has 1 saturated carbocycles. The average molecular weight is 290 g/mol. The molecule has 2 fully saturated rings. The van der Waals surface area contributed by atoms with Crippen LogP contribution in [0.2, 0.25) is 0 Å². The first-order valence-corrected chi connectivity index (χ1v) is 8.96. The van der Waals surface area contributed by atoms with Crippen molar-refractivity contribution in [3.63, 3.8) is 0 Å². The van der Waals surface area contributed by atoms with E-state index in [0.29, 0.717) is 6.10 Å². The van der Waals surface area contributed by atoms with Crippen LogP contribution in [0.5, 0.6) is 0 Å². The van der Waals surface area contributed by atoms with Crippen LogP contribution >= 0.6 is 0 Å². The summed E-state index contributed by atoms with van der Waals surface area (Å²) >= 11 is 0. The fourth-order valence-corrected chi connectivity index (χ4v) is 3.46. The van der Waals surface area contributed by atoms with Gasteiger partial charge < -0.3 is 4.74 Å². The molecule has 1 aliphatic heterocycles. The Hall–Kier alpha value is -0.560. The van der Waals surface area contributed by atoms with Gasteiger partial charge in [0.1, 0.15) is 0 Å². The van der Waals surface area contributed by atoms with Gasteiger partial charge in [-0.05, 0) is 65.7 Å². The third kappa shape index (κ3) is 5.98. The molecule has 21 heavy (non-hydrogen) atoms. The number of rotatable bonds is 8. The summed E-state index contributed by atoms with van der Waals surface area (Å²) in [6, 6.07) is 0. The predicted molar refractivity (Wildman–Crippen MR) is 91.5 cm³/mol. The van der Waals surface area contributed by atoms with Crippen molar-refractivity contribution in [2.24, 2.45) is 5.92 Å². The van der Waals surface area contributed by atoms with Gasteiger partial charge in [-0.1, -0.05) is 49.0 Å². The molecular weight excluding hydrogens is 256 g/mol. The first-order valence-electron chi connectivity index (χ1n) is 8.96. The number of ether oxygens (including phenoxy) is 1. The van der Waals surface area contributed by atoms with Crippen LogP contribution in [-0.2, 0) is 4.74 Å². The molecule has 2 rings (SSSR count). The van der Waals surface area contributed by atoms with E-state index in [1.165, 1.54) is 63.4 Å². The highest BCUT2D eigenvalue weighted by Crippen LogP contribution is 2.39. The number of hydrogen-bond acceptors (Lipinski definition) is 1. The quantitative estimate of drug-likeness (QED) is 0.383. The van der Waals surface area contributed by atoms with Crippen LogP contribution in [0.25, 0.3) is 0 Å². The van der Waals surface area contributed by atoms with Gasteiger partial charge in [0.2, 0.25) is 0 Å². The Morgan fingerprint density at radius 2 is 1.67 bits per heavy atom. The molecule has 1 unspecified atom stereocenters. The average Bonchev–Trinajstić information content (AvgIpc) is 2.84.